The molecule has 0 saturated carbocycles. The molecule has 0 aliphatic carbocycles. The number of nitrogens with one attached hydrogen (secondary N) is 1. The maximum atomic E-state index is 6.34. The Labute approximate surface area is 119 Å². The zero-order valence-electron chi connectivity index (χ0n) is 11.2. The van der Waals surface area contributed by atoms with E-state index in [1.165, 1.54) is 5.56 Å². The molecule has 4 heteroatoms. The summed E-state index contributed by atoms with van der Waals surface area (Å²) in [5.74, 6) is 0. The molecule has 1 N–H and O–H groups in total. The van der Waals surface area contributed by atoms with Gasteiger partial charge in [-0.25, -0.2) is 0 Å². The van der Waals surface area contributed by atoms with E-state index in [9.17, 15) is 0 Å². The maximum absolute atomic E-state index is 6.34. The van der Waals surface area contributed by atoms with Crippen LogP contribution in [0.25, 0.3) is 0 Å². The minimum Gasteiger partial charge on any atom is -0.367 e. The van der Waals surface area contributed by atoms with Crippen molar-refractivity contribution in [2.45, 2.75) is 13.1 Å². The molecule has 2 rings (SSSR count). The number of aromatic nitrogens is 1. The predicted molar refractivity (Wildman–Crippen MR) is 80.6 cm³/mol. The lowest BCUT2D eigenvalue weighted by Gasteiger charge is -2.23. The van der Waals surface area contributed by atoms with E-state index < -0.39 is 0 Å². The summed E-state index contributed by atoms with van der Waals surface area (Å²) in [5, 5.41) is 3.94. The van der Waals surface area contributed by atoms with Crippen molar-refractivity contribution in [3.05, 3.63) is 58.9 Å². The van der Waals surface area contributed by atoms with Crippen molar-refractivity contribution in [3.8, 4) is 0 Å². The third kappa shape index (κ3) is 3.46. The fourth-order valence-electron chi connectivity index (χ4n) is 2.13. The van der Waals surface area contributed by atoms with Crippen LogP contribution >= 0.6 is 11.6 Å². The first-order valence-electron chi connectivity index (χ1n) is 6.25. The first-order chi connectivity index (χ1) is 9.22. The molecule has 100 valence electrons. The molecule has 1 aromatic carbocycles. The maximum Gasteiger partial charge on any atom is 0.0642 e. The van der Waals surface area contributed by atoms with Gasteiger partial charge in [-0.15, -0.1) is 0 Å². The highest BCUT2D eigenvalue weighted by atomic mass is 35.5. The highest BCUT2D eigenvalue weighted by Crippen LogP contribution is 2.29. The van der Waals surface area contributed by atoms with E-state index in [1.54, 1.807) is 0 Å². The molecule has 0 atom stereocenters. The van der Waals surface area contributed by atoms with Crippen molar-refractivity contribution < 1.29 is 0 Å². The first-order valence-corrected chi connectivity index (χ1v) is 6.63. The summed E-state index contributed by atoms with van der Waals surface area (Å²) in [6.45, 7) is 1.53. The Bertz CT molecular complexity index is 528. The average Bonchev–Trinajstić information content (AvgIpc) is 2.40. The Morgan fingerprint density at radius 3 is 2.74 bits per heavy atom. The Morgan fingerprint density at radius 2 is 2.05 bits per heavy atom. The van der Waals surface area contributed by atoms with Crippen LogP contribution in [0.1, 0.15) is 11.3 Å². The van der Waals surface area contributed by atoms with Crippen molar-refractivity contribution in [3.63, 3.8) is 0 Å². The number of pyridine rings is 1. The molecule has 1 aromatic heterocycles. The lowest BCUT2D eigenvalue weighted by atomic mass is 10.1. The molecular formula is C15H18ClN3. The van der Waals surface area contributed by atoms with Crippen LogP contribution in [0.2, 0.25) is 5.02 Å². The van der Waals surface area contributed by atoms with Gasteiger partial charge in [0.15, 0.2) is 0 Å². The van der Waals surface area contributed by atoms with Gasteiger partial charge < -0.3 is 10.2 Å². The van der Waals surface area contributed by atoms with Gasteiger partial charge in [-0.05, 0) is 30.8 Å². The predicted octanol–water partition coefficient (Wildman–Crippen LogP) is 3.09. The number of hydrogen-bond acceptors (Lipinski definition) is 3. The molecule has 0 aliphatic heterocycles. The van der Waals surface area contributed by atoms with Gasteiger partial charge in [-0.1, -0.05) is 29.8 Å². The van der Waals surface area contributed by atoms with Crippen molar-refractivity contribution in [2.24, 2.45) is 0 Å². The third-order valence-corrected chi connectivity index (χ3v) is 3.25. The summed E-state index contributed by atoms with van der Waals surface area (Å²) in [6, 6.07) is 11.9. The molecule has 0 amide bonds. The molecule has 1 heterocycles. The van der Waals surface area contributed by atoms with Gasteiger partial charge in [0, 0.05) is 19.8 Å². The largest absolute Gasteiger partial charge is 0.367 e. The van der Waals surface area contributed by atoms with E-state index in [0.717, 1.165) is 29.5 Å². The standard InChI is InChI=1S/C15H18ClN3/c1-17-10-12-6-5-8-14(16)15(12)19(2)11-13-7-3-4-9-18-13/h3-9,17H,10-11H2,1-2H3. The van der Waals surface area contributed by atoms with Crippen LogP contribution in [0.3, 0.4) is 0 Å². The van der Waals surface area contributed by atoms with Crippen LogP contribution in [-0.2, 0) is 13.1 Å². The zero-order chi connectivity index (χ0) is 13.7. The summed E-state index contributed by atoms with van der Waals surface area (Å²) < 4.78 is 0. The Kier molecular flexibility index (Phi) is 4.77. The SMILES string of the molecule is CNCc1cccc(Cl)c1N(C)Cc1ccccn1. The molecule has 0 bridgehead atoms. The van der Waals surface area contributed by atoms with Gasteiger partial charge in [0.05, 0.1) is 22.9 Å². The number of para-hydroxylation sites is 1. The second-order valence-electron chi connectivity index (χ2n) is 4.46. The van der Waals surface area contributed by atoms with Crippen LogP contribution in [0.5, 0.6) is 0 Å². The second-order valence-corrected chi connectivity index (χ2v) is 4.86. The molecule has 0 unspecified atom stereocenters. The second kappa shape index (κ2) is 6.55. The van der Waals surface area contributed by atoms with Crippen molar-refractivity contribution in [1.82, 2.24) is 10.3 Å². The monoisotopic (exact) mass is 275 g/mol. The van der Waals surface area contributed by atoms with Crippen molar-refractivity contribution >= 4 is 17.3 Å². The number of anilines is 1. The minimum absolute atomic E-state index is 0.737. The van der Waals surface area contributed by atoms with Gasteiger partial charge >= 0.3 is 0 Å². The lowest BCUT2D eigenvalue weighted by Crippen LogP contribution is -2.20. The van der Waals surface area contributed by atoms with Crippen LogP contribution in [-0.4, -0.2) is 19.1 Å². The topological polar surface area (TPSA) is 28.2 Å². The van der Waals surface area contributed by atoms with Gasteiger partial charge in [0.1, 0.15) is 0 Å². The van der Waals surface area contributed by atoms with E-state index in [1.807, 2.05) is 50.6 Å². The van der Waals surface area contributed by atoms with E-state index in [2.05, 4.69) is 21.3 Å². The van der Waals surface area contributed by atoms with Gasteiger partial charge in [0.25, 0.3) is 0 Å². The van der Waals surface area contributed by atoms with Gasteiger partial charge in [-0.2, -0.15) is 0 Å². The Hall–Kier alpha value is -1.58. The third-order valence-electron chi connectivity index (χ3n) is 2.94. The quantitative estimate of drug-likeness (QED) is 0.909. The summed E-state index contributed by atoms with van der Waals surface area (Å²) >= 11 is 6.34. The van der Waals surface area contributed by atoms with Crippen molar-refractivity contribution in [2.75, 3.05) is 19.0 Å². The normalized spacial score (nSPS) is 10.5. The highest BCUT2D eigenvalue weighted by molar-refractivity contribution is 6.33. The van der Waals surface area contributed by atoms with Crippen molar-refractivity contribution in [1.29, 1.82) is 0 Å². The molecule has 3 nitrogen and oxygen atoms in total. The van der Waals surface area contributed by atoms with Crippen LogP contribution in [0.4, 0.5) is 5.69 Å². The van der Waals surface area contributed by atoms with Gasteiger partial charge in [0.2, 0.25) is 0 Å². The fourth-order valence-corrected chi connectivity index (χ4v) is 2.47. The molecule has 0 aliphatic rings. The van der Waals surface area contributed by atoms with E-state index in [4.69, 9.17) is 11.6 Å². The number of rotatable bonds is 5. The summed E-state index contributed by atoms with van der Waals surface area (Å²) in [6.07, 6.45) is 1.81. The molecule has 2 aromatic rings. The first kappa shape index (κ1) is 13.8. The smallest absolute Gasteiger partial charge is 0.0642 e. The zero-order valence-corrected chi connectivity index (χ0v) is 12.0. The highest BCUT2D eigenvalue weighted by Gasteiger charge is 2.11. The van der Waals surface area contributed by atoms with E-state index in [-0.39, 0.29) is 0 Å². The van der Waals surface area contributed by atoms with E-state index in [0.29, 0.717) is 0 Å². The van der Waals surface area contributed by atoms with E-state index >= 15 is 0 Å². The molecular weight excluding hydrogens is 258 g/mol. The number of hydrogen-bond donors (Lipinski definition) is 1. The lowest BCUT2D eigenvalue weighted by molar-refractivity contribution is 0.802. The number of halogens is 1. The van der Waals surface area contributed by atoms with Gasteiger partial charge in [-0.3, -0.25) is 4.98 Å². The molecule has 0 saturated heterocycles. The summed E-state index contributed by atoms with van der Waals surface area (Å²) in [5.41, 5.74) is 3.28. The Morgan fingerprint density at radius 1 is 1.21 bits per heavy atom. The summed E-state index contributed by atoms with van der Waals surface area (Å²) in [7, 11) is 3.97. The summed E-state index contributed by atoms with van der Waals surface area (Å²) in [4.78, 5) is 6.49. The number of benzene rings is 1. The molecule has 19 heavy (non-hydrogen) atoms. The average molecular weight is 276 g/mol. The van der Waals surface area contributed by atoms with Crippen LogP contribution < -0.4 is 10.2 Å². The minimum atomic E-state index is 0.737. The van der Waals surface area contributed by atoms with Crippen LogP contribution in [0.15, 0.2) is 42.6 Å². The number of nitrogens with zero attached hydrogens (tertiary/aromatic N) is 2. The fraction of sp³-hybridized carbons (Fsp3) is 0.267. The molecule has 0 radical (unpaired) electrons. The molecule has 0 fully saturated rings. The Balaban J connectivity index is 2.25. The molecule has 0 spiro atoms. The van der Waals surface area contributed by atoms with Crippen LogP contribution in [0, 0.1) is 0 Å².